The molecule has 1 aliphatic rings. The normalized spacial score (nSPS) is 18.0. The number of rotatable bonds is 2. The van der Waals surface area contributed by atoms with Crippen molar-refractivity contribution in [3.63, 3.8) is 0 Å². The minimum atomic E-state index is 0.691. The van der Waals surface area contributed by atoms with Crippen molar-refractivity contribution >= 4 is 23.4 Å². The Bertz CT molecular complexity index is 334. The van der Waals surface area contributed by atoms with Gasteiger partial charge in [0, 0.05) is 9.92 Å². The maximum absolute atomic E-state index is 6.12. The Labute approximate surface area is 101 Å². The first-order valence-electron chi connectivity index (χ1n) is 5.35. The summed E-state index contributed by atoms with van der Waals surface area (Å²) in [4.78, 5) is 1.27. The first-order chi connectivity index (χ1) is 7.29. The Hall–Kier alpha value is -0.180. The van der Waals surface area contributed by atoms with E-state index in [2.05, 4.69) is 23.7 Å². The van der Waals surface area contributed by atoms with E-state index in [1.54, 1.807) is 11.8 Å². The van der Waals surface area contributed by atoms with Gasteiger partial charge < -0.3 is 5.32 Å². The van der Waals surface area contributed by atoms with E-state index in [0.717, 1.165) is 18.1 Å². The number of halogens is 1. The highest BCUT2D eigenvalue weighted by Gasteiger charge is 2.15. The Morgan fingerprint density at radius 3 is 2.67 bits per heavy atom. The van der Waals surface area contributed by atoms with Crippen LogP contribution < -0.4 is 5.32 Å². The summed E-state index contributed by atoms with van der Waals surface area (Å²) in [5.41, 5.74) is 1.41. The molecular formula is C12H16ClNS. The average Bonchev–Trinajstić information content (AvgIpc) is 2.29. The van der Waals surface area contributed by atoms with Gasteiger partial charge in [0.1, 0.15) is 0 Å². The molecule has 15 heavy (non-hydrogen) atoms. The number of thioether (sulfide) groups is 1. The lowest BCUT2D eigenvalue weighted by molar-refractivity contribution is 0.460. The number of benzene rings is 1. The quantitative estimate of drug-likeness (QED) is 0.796. The van der Waals surface area contributed by atoms with Crippen LogP contribution in [0.1, 0.15) is 24.3 Å². The van der Waals surface area contributed by atoms with E-state index in [9.17, 15) is 0 Å². The molecule has 0 aromatic heterocycles. The lowest BCUT2D eigenvalue weighted by Gasteiger charge is -2.23. The average molecular weight is 242 g/mol. The summed E-state index contributed by atoms with van der Waals surface area (Å²) in [5, 5.41) is 4.26. The van der Waals surface area contributed by atoms with Crippen molar-refractivity contribution in [2.24, 2.45) is 0 Å². The van der Waals surface area contributed by atoms with Crippen LogP contribution in [0.2, 0.25) is 5.02 Å². The number of nitrogens with one attached hydrogen (secondary N) is 1. The van der Waals surface area contributed by atoms with Gasteiger partial charge in [0.2, 0.25) is 0 Å². The number of hydrogen-bond acceptors (Lipinski definition) is 2. The van der Waals surface area contributed by atoms with Crippen molar-refractivity contribution in [2.45, 2.75) is 23.7 Å². The lowest BCUT2D eigenvalue weighted by Crippen LogP contribution is -2.26. The van der Waals surface area contributed by atoms with Crippen LogP contribution >= 0.6 is 23.4 Å². The summed E-state index contributed by atoms with van der Waals surface area (Å²) >= 11 is 7.88. The third-order valence-corrected chi connectivity index (χ3v) is 3.87. The minimum absolute atomic E-state index is 0.691. The molecule has 0 aliphatic carbocycles. The Morgan fingerprint density at radius 1 is 1.27 bits per heavy atom. The van der Waals surface area contributed by atoms with Crippen molar-refractivity contribution in [3.8, 4) is 0 Å². The van der Waals surface area contributed by atoms with E-state index >= 15 is 0 Å². The fourth-order valence-electron chi connectivity index (χ4n) is 2.09. The molecule has 0 atom stereocenters. The smallest absolute Gasteiger partial charge is 0.0419 e. The fraction of sp³-hybridized carbons (Fsp3) is 0.500. The van der Waals surface area contributed by atoms with Crippen molar-refractivity contribution in [1.82, 2.24) is 5.32 Å². The highest BCUT2D eigenvalue weighted by molar-refractivity contribution is 7.98. The van der Waals surface area contributed by atoms with Crippen LogP contribution in [0.15, 0.2) is 23.1 Å². The van der Waals surface area contributed by atoms with E-state index in [4.69, 9.17) is 11.6 Å². The van der Waals surface area contributed by atoms with Crippen LogP contribution in [-0.4, -0.2) is 19.3 Å². The molecule has 0 amide bonds. The van der Waals surface area contributed by atoms with Crippen molar-refractivity contribution in [3.05, 3.63) is 28.8 Å². The third-order valence-electron chi connectivity index (χ3n) is 2.94. The maximum atomic E-state index is 6.12. The first kappa shape index (κ1) is 11.3. The van der Waals surface area contributed by atoms with Crippen LogP contribution in [0.3, 0.4) is 0 Å². The summed E-state index contributed by atoms with van der Waals surface area (Å²) in [5.74, 6) is 0.691. The van der Waals surface area contributed by atoms with Gasteiger partial charge in [-0.2, -0.15) is 0 Å². The van der Waals surface area contributed by atoms with Gasteiger partial charge in [-0.15, -0.1) is 11.8 Å². The summed E-state index contributed by atoms with van der Waals surface area (Å²) < 4.78 is 0. The van der Waals surface area contributed by atoms with Crippen LogP contribution in [-0.2, 0) is 0 Å². The molecule has 82 valence electrons. The number of piperidine rings is 1. The van der Waals surface area contributed by atoms with Crippen LogP contribution in [0.4, 0.5) is 0 Å². The first-order valence-corrected chi connectivity index (χ1v) is 6.95. The zero-order valence-electron chi connectivity index (χ0n) is 8.92. The summed E-state index contributed by atoms with van der Waals surface area (Å²) in [6, 6.07) is 6.45. The molecule has 1 aromatic carbocycles. The van der Waals surface area contributed by atoms with Crippen LogP contribution in [0.5, 0.6) is 0 Å². The van der Waals surface area contributed by atoms with Gasteiger partial charge in [0.15, 0.2) is 0 Å². The van der Waals surface area contributed by atoms with E-state index in [0.29, 0.717) is 5.92 Å². The molecule has 1 aromatic rings. The summed E-state index contributed by atoms with van der Waals surface area (Å²) in [6.45, 7) is 2.26. The topological polar surface area (TPSA) is 12.0 Å². The minimum Gasteiger partial charge on any atom is -0.317 e. The molecular weight excluding hydrogens is 226 g/mol. The molecule has 0 spiro atoms. The van der Waals surface area contributed by atoms with Gasteiger partial charge in [-0.05, 0) is 61.9 Å². The fourth-order valence-corrected chi connectivity index (χ4v) is 2.90. The second kappa shape index (κ2) is 5.24. The highest BCUT2D eigenvalue weighted by atomic mass is 35.5. The predicted octanol–water partition coefficient (Wildman–Crippen LogP) is 3.53. The molecule has 3 heteroatoms. The van der Waals surface area contributed by atoms with Gasteiger partial charge >= 0.3 is 0 Å². The van der Waals surface area contributed by atoms with E-state index in [-0.39, 0.29) is 0 Å². The molecule has 0 radical (unpaired) electrons. The Kier molecular flexibility index (Phi) is 3.95. The molecule has 1 heterocycles. The largest absolute Gasteiger partial charge is 0.317 e. The molecule has 1 fully saturated rings. The third kappa shape index (κ3) is 2.90. The van der Waals surface area contributed by atoms with Gasteiger partial charge in [0.05, 0.1) is 0 Å². The zero-order chi connectivity index (χ0) is 10.7. The van der Waals surface area contributed by atoms with Gasteiger partial charge in [-0.3, -0.25) is 0 Å². The molecule has 1 saturated heterocycles. The van der Waals surface area contributed by atoms with E-state index < -0.39 is 0 Å². The maximum Gasteiger partial charge on any atom is 0.0419 e. The summed E-state index contributed by atoms with van der Waals surface area (Å²) in [7, 11) is 0. The van der Waals surface area contributed by atoms with Gasteiger partial charge in [-0.25, -0.2) is 0 Å². The second-order valence-corrected chi connectivity index (χ2v) is 5.26. The Balaban J connectivity index is 2.22. The van der Waals surface area contributed by atoms with Crippen molar-refractivity contribution in [1.29, 1.82) is 0 Å². The molecule has 0 unspecified atom stereocenters. The van der Waals surface area contributed by atoms with E-state index in [1.165, 1.54) is 23.3 Å². The Morgan fingerprint density at radius 2 is 2.00 bits per heavy atom. The molecule has 0 bridgehead atoms. The molecule has 0 saturated carbocycles. The SMILES string of the molecule is CSc1cc(Cl)cc(C2CCNCC2)c1. The van der Waals surface area contributed by atoms with Crippen LogP contribution in [0, 0.1) is 0 Å². The molecule has 2 rings (SSSR count). The lowest BCUT2D eigenvalue weighted by atomic mass is 9.90. The second-order valence-electron chi connectivity index (χ2n) is 3.95. The monoisotopic (exact) mass is 241 g/mol. The van der Waals surface area contributed by atoms with Crippen molar-refractivity contribution in [2.75, 3.05) is 19.3 Å². The molecule has 1 nitrogen and oxygen atoms in total. The molecule has 1 N–H and O–H groups in total. The molecule has 1 aliphatic heterocycles. The highest BCUT2D eigenvalue weighted by Crippen LogP contribution is 2.30. The van der Waals surface area contributed by atoms with Gasteiger partial charge in [-0.1, -0.05) is 11.6 Å². The van der Waals surface area contributed by atoms with Crippen molar-refractivity contribution < 1.29 is 0 Å². The van der Waals surface area contributed by atoms with Gasteiger partial charge in [0.25, 0.3) is 0 Å². The zero-order valence-corrected chi connectivity index (χ0v) is 10.5. The standard InChI is InChI=1S/C12H16ClNS/c1-15-12-7-10(6-11(13)8-12)9-2-4-14-5-3-9/h6-9,14H,2-5H2,1H3. The summed E-state index contributed by atoms with van der Waals surface area (Å²) in [6.07, 6.45) is 4.56. The van der Waals surface area contributed by atoms with E-state index in [1.807, 2.05) is 6.07 Å². The van der Waals surface area contributed by atoms with Crippen LogP contribution in [0.25, 0.3) is 0 Å². The predicted molar refractivity (Wildman–Crippen MR) is 68.1 cm³/mol. The number of hydrogen-bond donors (Lipinski definition) is 1.